The van der Waals surface area contributed by atoms with Gasteiger partial charge in [-0.05, 0) is 18.6 Å². The van der Waals surface area contributed by atoms with Crippen LogP contribution in [-0.4, -0.2) is 54.1 Å². The third kappa shape index (κ3) is 6.03. The first-order chi connectivity index (χ1) is 15.1. The standard InChI is InChI=1S/C21H22ClF3N4O3/c1-14(27-20(31)32-13-15-5-3-2-4-6-15)19(30)29-9-7-28(8-10-29)18-17(22)11-16(12-26-18)21(23,24)25/h2-6,11-12,14H,7-10,13H2,1H3,(H,27,31)/t14-/m0/s1. The predicted molar refractivity (Wildman–Crippen MR) is 112 cm³/mol. The molecule has 11 heteroatoms. The summed E-state index contributed by atoms with van der Waals surface area (Å²) in [7, 11) is 0. The molecule has 2 amide bonds. The zero-order valence-corrected chi connectivity index (χ0v) is 18.0. The third-order valence-corrected chi connectivity index (χ3v) is 5.24. The van der Waals surface area contributed by atoms with Gasteiger partial charge in [0.25, 0.3) is 0 Å². The van der Waals surface area contributed by atoms with Crippen molar-refractivity contribution in [3.63, 3.8) is 0 Å². The molecule has 1 N–H and O–H groups in total. The Bertz CT molecular complexity index is 951. The maximum atomic E-state index is 12.8. The molecule has 0 unspecified atom stereocenters. The summed E-state index contributed by atoms with van der Waals surface area (Å²) < 4.78 is 43.5. The molecule has 0 spiro atoms. The number of amides is 2. The average molecular weight is 471 g/mol. The van der Waals surface area contributed by atoms with Crippen molar-refractivity contribution < 1.29 is 27.5 Å². The fourth-order valence-corrected chi connectivity index (χ4v) is 3.52. The summed E-state index contributed by atoms with van der Waals surface area (Å²) in [6.45, 7) is 2.95. The molecular weight excluding hydrogens is 449 g/mol. The number of nitrogens with zero attached hydrogens (tertiary/aromatic N) is 3. The van der Waals surface area contributed by atoms with Crippen LogP contribution in [0.4, 0.5) is 23.8 Å². The lowest BCUT2D eigenvalue weighted by atomic mass is 10.2. The van der Waals surface area contributed by atoms with Gasteiger partial charge in [0.15, 0.2) is 0 Å². The van der Waals surface area contributed by atoms with Crippen molar-refractivity contribution in [1.82, 2.24) is 15.2 Å². The topological polar surface area (TPSA) is 74.8 Å². The van der Waals surface area contributed by atoms with Crippen LogP contribution < -0.4 is 10.2 Å². The number of rotatable bonds is 5. The van der Waals surface area contributed by atoms with Crippen LogP contribution in [0.1, 0.15) is 18.1 Å². The molecular formula is C21H22ClF3N4O3. The van der Waals surface area contributed by atoms with E-state index in [1.165, 1.54) is 0 Å². The molecule has 2 aromatic rings. The number of alkyl carbamates (subject to hydrolysis) is 1. The molecule has 1 aromatic heterocycles. The molecule has 0 bridgehead atoms. The number of hydrogen-bond acceptors (Lipinski definition) is 5. The zero-order chi connectivity index (χ0) is 23.3. The molecule has 1 fully saturated rings. The second-order valence-corrected chi connectivity index (χ2v) is 7.67. The van der Waals surface area contributed by atoms with E-state index in [1.807, 2.05) is 30.3 Å². The highest BCUT2D eigenvalue weighted by molar-refractivity contribution is 6.33. The van der Waals surface area contributed by atoms with Gasteiger partial charge in [0.2, 0.25) is 5.91 Å². The maximum absolute atomic E-state index is 12.8. The van der Waals surface area contributed by atoms with Gasteiger partial charge in [-0.15, -0.1) is 0 Å². The summed E-state index contributed by atoms with van der Waals surface area (Å²) in [5.41, 5.74) is -0.0904. The first-order valence-corrected chi connectivity index (χ1v) is 10.3. The Morgan fingerprint density at radius 1 is 1.19 bits per heavy atom. The number of hydrogen-bond donors (Lipinski definition) is 1. The van der Waals surface area contributed by atoms with Gasteiger partial charge in [0.1, 0.15) is 18.5 Å². The highest BCUT2D eigenvalue weighted by Gasteiger charge is 2.33. The number of piperazine rings is 1. The van der Waals surface area contributed by atoms with Crippen molar-refractivity contribution in [2.45, 2.75) is 25.7 Å². The molecule has 3 rings (SSSR count). The first kappa shape index (κ1) is 23.6. The summed E-state index contributed by atoms with van der Waals surface area (Å²) in [4.78, 5) is 31.8. The normalized spacial score (nSPS) is 15.3. The minimum atomic E-state index is -4.52. The van der Waals surface area contributed by atoms with E-state index in [-0.39, 0.29) is 23.4 Å². The smallest absolute Gasteiger partial charge is 0.417 e. The van der Waals surface area contributed by atoms with Crippen molar-refractivity contribution in [1.29, 1.82) is 0 Å². The molecule has 7 nitrogen and oxygen atoms in total. The minimum absolute atomic E-state index is 0.0904. The van der Waals surface area contributed by atoms with E-state index in [2.05, 4.69) is 10.3 Å². The number of pyridine rings is 1. The molecule has 1 saturated heterocycles. The SMILES string of the molecule is C[C@H](NC(=O)OCc1ccccc1)C(=O)N1CCN(c2ncc(C(F)(F)F)cc2Cl)CC1. The summed E-state index contributed by atoms with van der Waals surface area (Å²) in [5.74, 6) is -0.0461. The monoisotopic (exact) mass is 470 g/mol. The molecule has 1 aliphatic rings. The van der Waals surface area contributed by atoms with Gasteiger partial charge >= 0.3 is 12.3 Å². The number of alkyl halides is 3. The van der Waals surface area contributed by atoms with Crippen LogP contribution in [0.5, 0.6) is 0 Å². The Morgan fingerprint density at radius 3 is 2.44 bits per heavy atom. The lowest BCUT2D eigenvalue weighted by molar-refractivity contribution is -0.138. The van der Waals surface area contributed by atoms with E-state index in [1.54, 1.807) is 16.7 Å². The number of carbonyl (C=O) groups is 2. The number of nitrogens with one attached hydrogen (secondary N) is 1. The summed E-state index contributed by atoms with van der Waals surface area (Å²) in [5, 5.41) is 2.41. The molecule has 2 heterocycles. The van der Waals surface area contributed by atoms with Crippen LogP contribution >= 0.6 is 11.6 Å². The van der Waals surface area contributed by atoms with Gasteiger partial charge in [-0.3, -0.25) is 4.79 Å². The van der Waals surface area contributed by atoms with Gasteiger partial charge < -0.3 is 19.9 Å². The van der Waals surface area contributed by atoms with E-state index in [0.29, 0.717) is 26.2 Å². The van der Waals surface area contributed by atoms with Crippen LogP contribution in [0, 0.1) is 0 Å². The Morgan fingerprint density at radius 2 is 1.84 bits per heavy atom. The number of halogens is 4. The third-order valence-electron chi connectivity index (χ3n) is 4.96. The molecule has 0 saturated carbocycles. The van der Waals surface area contributed by atoms with Crippen LogP contribution in [0.15, 0.2) is 42.6 Å². The van der Waals surface area contributed by atoms with Crippen LogP contribution in [0.25, 0.3) is 0 Å². The highest BCUT2D eigenvalue weighted by atomic mass is 35.5. The minimum Gasteiger partial charge on any atom is -0.445 e. The number of benzene rings is 1. The molecule has 1 aliphatic heterocycles. The molecule has 172 valence electrons. The maximum Gasteiger partial charge on any atom is 0.417 e. The van der Waals surface area contributed by atoms with Crippen LogP contribution in [0.2, 0.25) is 5.02 Å². The number of aromatic nitrogens is 1. The van der Waals surface area contributed by atoms with Gasteiger partial charge in [-0.1, -0.05) is 41.9 Å². The number of carbonyl (C=O) groups excluding carboxylic acids is 2. The van der Waals surface area contributed by atoms with E-state index in [9.17, 15) is 22.8 Å². The fourth-order valence-electron chi connectivity index (χ4n) is 3.23. The highest BCUT2D eigenvalue weighted by Crippen LogP contribution is 2.33. The fraction of sp³-hybridized carbons (Fsp3) is 0.381. The van der Waals surface area contributed by atoms with Gasteiger partial charge in [0.05, 0.1) is 10.6 Å². The largest absolute Gasteiger partial charge is 0.445 e. The second-order valence-electron chi connectivity index (χ2n) is 7.27. The quantitative estimate of drug-likeness (QED) is 0.721. The Hall–Kier alpha value is -3.01. The van der Waals surface area contributed by atoms with Gasteiger partial charge in [0, 0.05) is 32.4 Å². The molecule has 1 aromatic carbocycles. The number of ether oxygens (including phenoxy) is 1. The summed E-state index contributed by atoms with van der Waals surface area (Å²) in [6.07, 6.45) is -4.48. The zero-order valence-electron chi connectivity index (χ0n) is 17.2. The van der Waals surface area contributed by atoms with Gasteiger partial charge in [-0.2, -0.15) is 13.2 Å². The van der Waals surface area contributed by atoms with Crippen molar-refractivity contribution in [3.8, 4) is 0 Å². The van der Waals surface area contributed by atoms with E-state index >= 15 is 0 Å². The van der Waals surface area contributed by atoms with E-state index in [4.69, 9.17) is 16.3 Å². The lowest BCUT2D eigenvalue weighted by Crippen LogP contribution is -2.54. The molecule has 0 radical (unpaired) electrons. The molecule has 32 heavy (non-hydrogen) atoms. The van der Waals surface area contributed by atoms with Crippen LogP contribution in [0.3, 0.4) is 0 Å². The van der Waals surface area contributed by atoms with Crippen molar-refractivity contribution in [2.24, 2.45) is 0 Å². The van der Waals surface area contributed by atoms with Crippen molar-refractivity contribution >= 4 is 29.4 Å². The Kier molecular flexibility index (Phi) is 7.44. The predicted octanol–water partition coefficient (Wildman–Crippen LogP) is 3.72. The second kappa shape index (κ2) is 10.1. The first-order valence-electron chi connectivity index (χ1n) is 9.89. The van der Waals surface area contributed by atoms with Crippen molar-refractivity contribution in [2.75, 3.05) is 31.1 Å². The lowest BCUT2D eigenvalue weighted by Gasteiger charge is -2.36. The molecule has 1 atom stereocenters. The van der Waals surface area contributed by atoms with Gasteiger partial charge in [-0.25, -0.2) is 9.78 Å². The number of anilines is 1. The van der Waals surface area contributed by atoms with E-state index < -0.39 is 23.9 Å². The summed E-state index contributed by atoms with van der Waals surface area (Å²) >= 11 is 6.00. The molecule has 0 aliphatic carbocycles. The summed E-state index contributed by atoms with van der Waals surface area (Å²) in [6, 6.07) is 9.20. The Balaban J connectivity index is 1.49. The van der Waals surface area contributed by atoms with Crippen LogP contribution in [-0.2, 0) is 22.3 Å². The van der Waals surface area contributed by atoms with E-state index in [0.717, 1.165) is 17.8 Å². The average Bonchev–Trinajstić information content (AvgIpc) is 2.77. The Labute approximate surface area is 188 Å². The van der Waals surface area contributed by atoms with Crippen molar-refractivity contribution in [3.05, 3.63) is 58.7 Å².